The lowest BCUT2D eigenvalue weighted by Gasteiger charge is -2.27. The van der Waals surface area contributed by atoms with Crippen molar-refractivity contribution in [3.8, 4) is 0 Å². The number of ether oxygens (including phenoxy) is 2. The van der Waals surface area contributed by atoms with Gasteiger partial charge in [0, 0.05) is 19.7 Å². The average molecular weight is 199 g/mol. The maximum Gasteiger partial charge on any atom is 0.0824 e. The third kappa shape index (κ3) is 3.23. The minimum Gasteiger partial charge on any atom is -0.379 e. The van der Waals surface area contributed by atoms with Crippen LogP contribution in [0.4, 0.5) is 0 Å². The summed E-state index contributed by atoms with van der Waals surface area (Å²) < 4.78 is 11.1. The molecule has 2 rings (SSSR count). The Morgan fingerprint density at radius 3 is 2.50 bits per heavy atom. The second kappa shape index (κ2) is 5.69. The van der Waals surface area contributed by atoms with E-state index in [4.69, 9.17) is 9.47 Å². The van der Waals surface area contributed by atoms with Gasteiger partial charge < -0.3 is 14.8 Å². The zero-order valence-electron chi connectivity index (χ0n) is 8.84. The van der Waals surface area contributed by atoms with Crippen LogP contribution in [0.1, 0.15) is 25.7 Å². The molecule has 3 heteroatoms. The van der Waals surface area contributed by atoms with Crippen molar-refractivity contribution in [2.45, 2.75) is 31.8 Å². The van der Waals surface area contributed by atoms with E-state index >= 15 is 0 Å². The van der Waals surface area contributed by atoms with E-state index in [1.807, 2.05) is 0 Å². The normalized spacial score (nSPS) is 24.0. The molecule has 0 aromatic carbocycles. The Bertz CT molecular complexity index is 153. The smallest absolute Gasteiger partial charge is 0.0824 e. The highest BCUT2D eigenvalue weighted by Crippen LogP contribution is 2.24. The van der Waals surface area contributed by atoms with E-state index in [0.717, 1.165) is 38.8 Å². The summed E-state index contributed by atoms with van der Waals surface area (Å²) in [6.45, 7) is 4.52. The van der Waals surface area contributed by atoms with E-state index in [1.165, 1.54) is 25.7 Å². The fourth-order valence-electron chi connectivity index (χ4n) is 2.08. The minimum atomic E-state index is 0.449. The Morgan fingerprint density at radius 1 is 1.07 bits per heavy atom. The van der Waals surface area contributed by atoms with Gasteiger partial charge in [0.15, 0.2) is 0 Å². The molecule has 82 valence electrons. The number of rotatable bonds is 6. The van der Waals surface area contributed by atoms with Crippen LogP contribution in [0.25, 0.3) is 0 Å². The first-order valence-electron chi connectivity index (χ1n) is 5.85. The monoisotopic (exact) mass is 199 g/mol. The Morgan fingerprint density at radius 2 is 1.86 bits per heavy atom. The van der Waals surface area contributed by atoms with Crippen LogP contribution < -0.4 is 5.32 Å². The van der Waals surface area contributed by atoms with Gasteiger partial charge >= 0.3 is 0 Å². The Balaban J connectivity index is 1.39. The second-order valence-corrected chi connectivity index (χ2v) is 4.38. The fourth-order valence-corrected chi connectivity index (χ4v) is 2.08. The average Bonchev–Trinajstić information content (AvgIpc) is 2.60. The summed E-state index contributed by atoms with van der Waals surface area (Å²) in [5, 5.41) is 3.18. The third-order valence-electron chi connectivity index (χ3n) is 3.15. The van der Waals surface area contributed by atoms with Crippen molar-refractivity contribution < 1.29 is 9.47 Å². The summed E-state index contributed by atoms with van der Waals surface area (Å²) in [7, 11) is 0. The topological polar surface area (TPSA) is 30.5 Å². The van der Waals surface area contributed by atoms with Gasteiger partial charge in [0.2, 0.25) is 0 Å². The first-order valence-corrected chi connectivity index (χ1v) is 5.85. The van der Waals surface area contributed by atoms with Crippen LogP contribution in [0, 0.1) is 5.92 Å². The van der Waals surface area contributed by atoms with Gasteiger partial charge in [-0.1, -0.05) is 12.8 Å². The van der Waals surface area contributed by atoms with Gasteiger partial charge in [-0.25, -0.2) is 0 Å². The molecule has 0 aromatic rings. The molecule has 1 N–H and O–H groups in total. The molecule has 0 spiro atoms. The van der Waals surface area contributed by atoms with E-state index in [0.29, 0.717) is 6.10 Å². The molecule has 1 saturated carbocycles. The molecular weight excluding hydrogens is 178 g/mol. The van der Waals surface area contributed by atoms with Crippen LogP contribution in [0.15, 0.2) is 0 Å². The van der Waals surface area contributed by atoms with Gasteiger partial charge in [-0.3, -0.25) is 0 Å². The van der Waals surface area contributed by atoms with Gasteiger partial charge in [-0.05, 0) is 18.8 Å². The molecule has 0 unspecified atom stereocenters. The molecule has 2 aliphatic rings. The van der Waals surface area contributed by atoms with Crippen molar-refractivity contribution in [1.82, 2.24) is 5.32 Å². The summed E-state index contributed by atoms with van der Waals surface area (Å²) >= 11 is 0. The fraction of sp³-hybridized carbons (Fsp3) is 1.00. The number of nitrogens with one attached hydrogen (secondary N) is 1. The van der Waals surface area contributed by atoms with Gasteiger partial charge in [-0.15, -0.1) is 0 Å². The molecule has 3 nitrogen and oxygen atoms in total. The molecule has 1 saturated heterocycles. The molecule has 1 aliphatic heterocycles. The van der Waals surface area contributed by atoms with Crippen LogP contribution in [-0.4, -0.2) is 39.0 Å². The molecular formula is C11H21NO2. The van der Waals surface area contributed by atoms with Crippen LogP contribution in [0.5, 0.6) is 0 Å². The molecule has 0 bridgehead atoms. The second-order valence-electron chi connectivity index (χ2n) is 4.38. The lowest BCUT2D eigenvalue weighted by molar-refractivity contribution is -0.0217. The lowest BCUT2D eigenvalue weighted by Crippen LogP contribution is -2.48. The Hall–Kier alpha value is -0.120. The van der Waals surface area contributed by atoms with E-state index in [9.17, 15) is 0 Å². The van der Waals surface area contributed by atoms with E-state index in [-0.39, 0.29) is 0 Å². The summed E-state index contributed by atoms with van der Waals surface area (Å²) in [4.78, 5) is 0. The zero-order chi connectivity index (χ0) is 9.64. The van der Waals surface area contributed by atoms with Crippen molar-refractivity contribution in [1.29, 1.82) is 0 Å². The van der Waals surface area contributed by atoms with Crippen molar-refractivity contribution in [3.63, 3.8) is 0 Å². The highest BCUT2D eigenvalue weighted by atomic mass is 16.5. The summed E-state index contributed by atoms with van der Waals surface area (Å²) in [5.41, 5.74) is 0. The molecule has 14 heavy (non-hydrogen) atoms. The summed E-state index contributed by atoms with van der Waals surface area (Å²) in [6, 6.07) is 0. The first kappa shape index (κ1) is 10.4. The highest BCUT2D eigenvalue weighted by Gasteiger charge is 2.17. The lowest BCUT2D eigenvalue weighted by atomic mass is 10.1. The van der Waals surface area contributed by atoms with Crippen molar-refractivity contribution in [2.75, 3.05) is 32.9 Å². The van der Waals surface area contributed by atoms with E-state index < -0.39 is 0 Å². The number of hydrogen-bond acceptors (Lipinski definition) is 3. The van der Waals surface area contributed by atoms with E-state index in [1.54, 1.807) is 0 Å². The molecule has 0 amide bonds. The Labute approximate surface area is 86.2 Å². The maximum absolute atomic E-state index is 5.59. The third-order valence-corrected chi connectivity index (χ3v) is 3.15. The quantitative estimate of drug-likeness (QED) is 0.652. The summed E-state index contributed by atoms with van der Waals surface area (Å²) in [6.07, 6.45) is 5.99. The first-order chi connectivity index (χ1) is 6.95. The van der Waals surface area contributed by atoms with E-state index in [2.05, 4.69) is 5.32 Å². The minimum absolute atomic E-state index is 0.449. The Kier molecular flexibility index (Phi) is 4.22. The SMILES string of the molecule is C1CCC(COCCOC2CNC2)C1. The van der Waals surface area contributed by atoms with Gasteiger partial charge in [0.1, 0.15) is 0 Å². The zero-order valence-corrected chi connectivity index (χ0v) is 8.84. The van der Waals surface area contributed by atoms with Crippen LogP contribution in [0.3, 0.4) is 0 Å². The van der Waals surface area contributed by atoms with Gasteiger partial charge in [-0.2, -0.15) is 0 Å². The van der Waals surface area contributed by atoms with Crippen molar-refractivity contribution in [2.24, 2.45) is 5.92 Å². The highest BCUT2D eigenvalue weighted by molar-refractivity contribution is 4.74. The molecule has 0 aromatic heterocycles. The molecule has 0 radical (unpaired) electrons. The standard InChI is InChI=1S/C11H21NO2/c1-2-4-10(3-1)9-13-5-6-14-11-7-12-8-11/h10-12H,1-9H2. The largest absolute Gasteiger partial charge is 0.379 e. The van der Waals surface area contributed by atoms with Crippen molar-refractivity contribution in [3.05, 3.63) is 0 Å². The molecule has 0 atom stereocenters. The molecule has 2 fully saturated rings. The molecule has 1 heterocycles. The predicted octanol–water partition coefficient (Wildman–Crippen LogP) is 1.18. The van der Waals surface area contributed by atoms with Gasteiger partial charge in [0.25, 0.3) is 0 Å². The maximum atomic E-state index is 5.59. The van der Waals surface area contributed by atoms with Crippen LogP contribution in [0.2, 0.25) is 0 Å². The predicted molar refractivity (Wildman–Crippen MR) is 55.4 cm³/mol. The number of hydrogen-bond donors (Lipinski definition) is 1. The van der Waals surface area contributed by atoms with Crippen LogP contribution >= 0.6 is 0 Å². The summed E-state index contributed by atoms with van der Waals surface area (Å²) in [5.74, 6) is 0.834. The van der Waals surface area contributed by atoms with Crippen molar-refractivity contribution >= 4 is 0 Å². The van der Waals surface area contributed by atoms with Gasteiger partial charge in [0.05, 0.1) is 19.3 Å². The molecule has 1 aliphatic carbocycles. The van der Waals surface area contributed by atoms with Crippen LogP contribution in [-0.2, 0) is 9.47 Å².